The SMILES string of the molecule is CCc1ccc(-c2ccc(-c3ccc(CC)cc3)o2)cc1. The Kier molecular flexibility index (Phi) is 3.92. The molecule has 3 aromatic rings. The fraction of sp³-hybridized carbons (Fsp3) is 0.200. The van der Waals surface area contributed by atoms with Crippen molar-refractivity contribution in [1.82, 2.24) is 0 Å². The van der Waals surface area contributed by atoms with Gasteiger partial charge in [0, 0.05) is 11.1 Å². The first kappa shape index (κ1) is 13.7. The van der Waals surface area contributed by atoms with Crippen molar-refractivity contribution < 1.29 is 4.42 Å². The normalized spacial score (nSPS) is 10.8. The van der Waals surface area contributed by atoms with Crippen LogP contribution in [0.15, 0.2) is 65.1 Å². The maximum atomic E-state index is 6.00. The summed E-state index contributed by atoms with van der Waals surface area (Å²) in [5.74, 6) is 1.85. The van der Waals surface area contributed by atoms with Gasteiger partial charge in [0.25, 0.3) is 0 Å². The molecular weight excluding hydrogens is 256 g/mol. The molecule has 0 radical (unpaired) electrons. The summed E-state index contributed by atoms with van der Waals surface area (Å²) in [5.41, 5.74) is 4.95. The third-order valence-corrected chi connectivity index (χ3v) is 3.90. The van der Waals surface area contributed by atoms with Crippen LogP contribution in [-0.2, 0) is 12.8 Å². The lowest BCUT2D eigenvalue weighted by Crippen LogP contribution is -1.80. The van der Waals surface area contributed by atoms with Gasteiger partial charge in [0.15, 0.2) is 0 Å². The quantitative estimate of drug-likeness (QED) is 0.592. The van der Waals surface area contributed by atoms with Crippen molar-refractivity contribution in [2.75, 3.05) is 0 Å². The van der Waals surface area contributed by atoms with Gasteiger partial charge in [0.2, 0.25) is 0 Å². The largest absolute Gasteiger partial charge is 0.456 e. The minimum absolute atomic E-state index is 0.923. The van der Waals surface area contributed by atoms with Crippen molar-refractivity contribution in [3.63, 3.8) is 0 Å². The van der Waals surface area contributed by atoms with Crippen LogP contribution in [0.1, 0.15) is 25.0 Å². The van der Waals surface area contributed by atoms with E-state index < -0.39 is 0 Å². The summed E-state index contributed by atoms with van der Waals surface area (Å²) in [4.78, 5) is 0. The van der Waals surface area contributed by atoms with E-state index in [9.17, 15) is 0 Å². The second kappa shape index (κ2) is 6.01. The Morgan fingerprint density at radius 3 is 1.29 bits per heavy atom. The second-order valence-electron chi connectivity index (χ2n) is 5.26. The summed E-state index contributed by atoms with van der Waals surface area (Å²) >= 11 is 0. The predicted octanol–water partition coefficient (Wildman–Crippen LogP) is 5.74. The smallest absolute Gasteiger partial charge is 0.134 e. The van der Waals surface area contributed by atoms with E-state index in [1.165, 1.54) is 11.1 Å². The Labute approximate surface area is 126 Å². The van der Waals surface area contributed by atoms with Gasteiger partial charge < -0.3 is 4.42 Å². The van der Waals surface area contributed by atoms with Crippen LogP contribution in [0.5, 0.6) is 0 Å². The van der Waals surface area contributed by atoms with E-state index in [-0.39, 0.29) is 0 Å². The molecule has 0 aliphatic heterocycles. The zero-order valence-electron chi connectivity index (χ0n) is 12.6. The van der Waals surface area contributed by atoms with E-state index in [0.717, 1.165) is 35.5 Å². The number of hydrogen-bond donors (Lipinski definition) is 0. The molecule has 0 amide bonds. The Hall–Kier alpha value is -2.28. The summed E-state index contributed by atoms with van der Waals surface area (Å²) in [7, 11) is 0. The minimum Gasteiger partial charge on any atom is -0.456 e. The molecule has 0 saturated carbocycles. The predicted molar refractivity (Wildman–Crippen MR) is 88.3 cm³/mol. The highest BCUT2D eigenvalue weighted by atomic mass is 16.3. The molecule has 0 fully saturated rings. The van der Waals surface area contributed by atoms with Crippen LogP contribution in [0.4, 0.5) is 0 Å². The molecule has 0 aliphatic carbocycles. The first-order valence-corrected chi connectivity index (χ1v) is 7.58. The van der Waals surface area contributed by atoms with Crippen LogP contribution >= 0.6 is 0 Å². The van der Waals surface area contributed by atoms with Gasteiger partial charge in [-0.1, -0.05) is 62.4 Å². The van der Waals surface area contributed by atoms with Crippen molar-refractivity contribution >= 4 is 0 Å². The summed E-state index contributed by atoms with van der Waals surface area (Å²) < 4.78 is 6.00. The molecule has 1 heterocycles. The van der Waals surface area contributed by atoms with Gasteiger partial charge in [-0.2, -0.15) is 0 Å². The molecular formula is C20H20O. The lowest BCUT2D eigenvalue weighted by Gasteiger charge is -2.01. The van der Waals surface area contributed by atoms with E-state index in [2.05, 4.69) is 62.4 Å². The first-order valence-electron chi connectivity index (χ1n) is 7.58. The molecule has 1 nitrogen and oxygen atoms in total. The van der Waals surface area contributed by atoms with Gasteiger partial charge in [-0.15, -0.1) is 0 Å². The summed E-state index contributed by atoms with van der Waals surface area (Å²) in [6.07, 6.45) is 2.13. The van der Waals surface area contributed by atoms with Crippen LogP contribution in [-0.4, -0.2) is 0 Å². The lowest BCUT2D eigenvalue weighted by molar-refractivity contribution is 0.597. The molecule has 3 rings (SSSR count). The number of aryl methyl sites for hydroxylation is 2. The molecule has 21 heavy (non-hydrogen) atoms. The average molecular weight is 276 g/mol. The van der Waals surface area contributed by atoms with Gasteiger partial charge in [-0.25, -0.2) is 0 Å². The number of rotatable bonds is 4. The zero-order valence-corrected chi connectivity index (χ0v) is 12.6. The van der Waals surface area contributed by atoms with Crippen molar-refractivity contribution in [2.24, 2.45) is 0 Å². The Morgan fingerprint density at radius 2 is 0.952 bits per heavy atom. The molecule has 0 atom stereocenters. The molecule has 0 aliphatic rings. The van der Waals surface area contributed by atoms with Crippen LogP contribution in [0.3, 0.4) is 0 Å². The monoisotopic (exact) mass is 276 g/mol. The van der Waals surface area contributed by atoms with Gasteiger partial charge in [0.05, 0.1) is 0 Å². The number of furan rings is 1. The molecule has 0 N–H and O–H groups in total. The van der Waals surface area contributed by atoms with E-state index in [1.807, 2.05) is 12.1 Å². The molecule has 1 heteroatoms. The van der Waals surface area contributed by atoms with Crippen molar-refractivity contribution in [3.8, 4) is 22.6 Å². The molecule has 0 unspecified atom stereocenters. The van der Waals surface area contributed by atoms with E-state index in [4.69, 9.17) is 4.42 Å². The maximum absolute atomic E-state index is 6.00. The van der Waals surface area contributed by atoms with E-state index in [0.29, 0.717) is 0 Å². The summed E-state index contributed by atoms with van der Waals surface area (Å²) in [6.45, 7) is 4.33. The van der Waals surface area contributed by atoms with Gasteiger partial charge in [-0.05, 0) is 36.1 Å². The van der Waals surface area contributed by atoms with Crippen molar-refractivity contribution in [2.45, 2.75) is 26.7 Å². The van der Waals surface area contributed by atoms with Crippen LogP contribution in [0.2, 0.25) is 0 Å². The Bertz CT molecular complexity index is 640. The molecule has 0 bridgehead atoms. The molecule has 0 saturated heterocycles. The van der Waals surface area contributed by atoms with Crippen molar-refractivity contribution in [3.05, 3.63) is 71.8 Å². The summed E-state index contributed by atoms with van der Waals surface area (Å²) in [6, 6.07) is 21.2. The van der Waals surface area contributed by atoms with Crippen LogP contribution in [0.25, 0.3) is 22.6 Å². The number of hydrogen-bond acceptors (Lipinski definition) is 1. The van der Waals surface area contributed by atoms with E-state index >= 15 is 0 Å². The molecule has 0 spiro atoms. The van der Waals surface area contributed by atoms with Crippen molar-refractivity contribution in [1.29, 1.82) is 0 Å². The second-order valence-corrected chi connectivity index (χ2v) is 5.26. The fourth-order valence-electron chi connectivity index (χ4n) is 2.46. The Balaban J connectivity index is 1.87. The van der Waals surface area contributed by atoms with Crippen LogP contribution in [0, 0.1) is 0 Å². The third-order valence-electron chi connectivity index (χ3n) is 3.90. The highest BCUT2D eigenvalue weighted by molar-refractivity contribution is 5.65. The fourth-order valence-corrected chi connectivity index (χ4v) is 2.46. The number of benzene rings is 2. The standard InChI is InChI=1S/C20H20O/c1-3-15-5-9-17(10-6-15)19-13-14-20(21-19)18-11-7-16(4-2)8-12-18/h5-14H,3-4H2,1-2H3. The van der Waals surface area contributed by atoms with Crippen LogP contribution < -0.4 is 0 Å². The highest BCUT2D eigenvalue weighted by Crippen LogP contribution is 2.28. The van der Waals surface area contributed by atoms with E-state index in [1.54, 1.807) is 0 Å². The highest BCUT2D eigenvalue weighted by Gasteiger charge is 2.06. The topological polar surface area (TPSA) is 13.1 Å². The third kappa shape index (κ3) is 2.92. The molecule has 2 aromatic carbocycles. The van der Waals surface area contributed by atoms with Gasteiger partial charge >= 0.3 is 0 Å². The van der Waals surface area contributed by atoms with Gasteiger partial charge in [-0.3, -0.25) is 0 Å². The Morgan fingerprint density at radius 1 is 0.571 bits per heavy atom. The minimum atomic E-state index is 0.923. The first-order chi connectivity index (χ1) is 10.3. The average Bonchev–Trinajstić information content (AvgIpc) is 3.05. The maximum Gasteiger partial charge on any atom is 0.134 e. The lowest BCUT2D eigenvalue weighted by atomic mass is 10.1. The van der Waals surface area contributed by atoms with Gasteiger partial charge in [0.1, 0.15) is 11.5 Å². The molecule has 106 valence electrons. The molecule has 1 aromatic heterocycles. The zero-order chi connectivity index (χ0) is 14.7. The summed E-state index contributed by atoms with van der Waals surface area (Å²) in [5, 5.41) is 0.